The Morgan fingerprint density at radius 2 is 1.72 bits per heavy atom. The van der Waals surface area contributed by atoms with Gasteiger partial charge in [-0.15, -0.1) is 0 Å². The molecule has 25 heavy (non-hydrogen) atoms. The number of ether oxygens (including phenoxy) is 2. The molecular weight excluding hydrogens is 344 g/mol. The molecule has 136 valence electrons. The Kier molecular flexibility index (Phi) is 4.99. The number of carbonyl (C=O) groups excluding carboxylic acids is 1. The average Bonchev–Trinajstić information content (AvgIpc) is 2.53. The third-order valence-corrected chi connectivity index (χ3v) is 4.24. The molecule has 0 unspecified atom stereocenters. The van der Waals surface area contributed by atoms with Crippen LogP contribution in [0.5, 0.6) is 11.5 Å². The minimum atomic E-state index is -0.328. The van der Waals surface area contributed by atoms with Crippen molar-refractivity contribution in [3.05, 3.63) is 10.8 Å². The standard InChI is InChI=1S/C17H23ClN4O3/c1-8(23)22(5)12-9-11(10(18)13(24-6)14(12)25-7)20-16(17(2,3)4)21-15(9)19/h1-7H3,(H2,19,20,21). The maximum Gasteiger partial charge on any atom is 0.223 e. The summed E-state index contributed by atoms with van der Waals surface area (Å²) in [5, 5.41) is 0.711. The zero-order valence-corrected chi connectivity index (χ0v) is 16.3. The fourth-order valence-electron chi connectivity index (χ4n) is 2.48. The first-order chi connectivity index (χ1) is 11.5. The molecule has 0 saturated heterocycles. The highest BCUT2D eigenvalue weighted by Crippen LogP contribution is 2.50. The van der Waals surface area contributed by atoms with E-state index in [4.69, 9.17) is 26.8 Å². The Hall–Kier alpha value is -2.28. The first kappa shape index (κ1) is 19.1. The SMILES string of the molecule is COc1c(OC)c(N(C)C(C)=O)c2c(N)nc(C(C)(C)C)nc2c1Cl. The van der Waals surface area contributed by atoms with Gasteiger partial charge in [-0.05, 0) is 0 Å². The number of amides is 1. The van der Waals surface area contributed by atoms with Gasteiger partial charge in [-0.2, -0.15) is 0 Å². The molecule has 0 saturated carbocycles. The summed E-state index contributed by atoms with van der Waals surface area (Å²) in [5.74, 6) is 1.15. The fraction of sp³-hybridized carbons (Fsp3) is 0.471. The molecule has 2 rings (SSSR count). The molecule has 7 nitrogen and oxygen atoms in total. The number of aromatic nitrogens is 2. The number of fused-ring (bicyclic) bond motifs is 1. The van der Waals surface area contributed by atoms with E-state index in [1.807, 2.05) is 20.8 Å². The maximum atomic E-state index is 12.0. The molecule has 0 aliphatic heterocycles. The van der Waals surface area contributed by atoms with Crippen molar-refractivity contribution in [3.8, 4) is 11.5 Å². The lowest BCUT2D eigenvalue weighted by Gasteiger charge is -2.25. The minimum Gasteiger partial charge on any atom is -0.491 e. The monoisotopic (exact) mass is 366 g/mol. The summed E-state index contributed by atoms with van der Waals surface area (Å²) in [7, 11) is 4.56. The third-order valence-electron chi connectivity index (χ3n) is 3.89. The van der Waals surface area contributed by atoms with E-state index < -0.39 is 0 Å². The van der Waals surface area contributed by atoms with Crippen molar-refractivity contribution in [1.29, 1.82) is 0 Å². The van der Waals surface area contributed by atoms with Crippen LogP contribution in [0.4, 0.5) is 11.5 Å². The van der Waals surface area contributed by atoms with Gasteiger partial charge in [0, 0.05) is 19.4 Å². The Bertz CT molecular complexity index is 846. The molecule has 0 fully saturated rings. The van der Waals surface area contributed by atoms with Crippen LogP contribution in [0.3, 0.4) is 0 Å². The second kappa shape index (κ2) is 6.55. The summed E-state index contributed by atoms with van der Waals surface area (Å²) in [5.41, 5.74) is 6.74. The predicted octanol–water partition coefficient (Wildman–Crippen LogP) is 3.16. The summed E-state index contributed by atoms with van der Waals surface area (Å²) < 4.78 is 10.9. The van der Waals surface area contributed by atoms with Gasteiger partial charge in [0.2, 0.25) is 5.91 Å². The average molecular weight is 367 g/mol. The molecule has 2 N–H and O–H groups in total. The van der Waals surface area contributed by atoms with Crippen molar-refractivity contribution < 1.29 is 14.3 Å². The van der Waals surface area contributed by atoms with E-state index in [2.05, 4.69) is 9.97 Å². The molecule has 0 aliphatic carbocycles. The highest BCUT2D eigenvalue weighted by atomic mass is 35.5. The maximum absolute atomic E-state index is 12.0. The van der Waals surface area contributed by atoms with Crippen LogP contribution in [-0.4, -0.2) is 37.1 Å². The van der Waals surface area contributed by atoms with E-state index in [1.165, 1.54) is 26.0 Å². The van der Waals surface area contributed by atoms with E-state index in [0.29, 0.717) is 28.2 Å². The summed E-state index contributed by atoms with van der Waals surface area (Å²) in [4.78, 5) is 22.4. The van der Waals surface area contributed by atoms with Gasteiger partial charge in [0.05, 0.1) is 19.6 Å². The number of halogens is 1. The number of hydrogen-bond acceptors (Lipinski definition) is 6. The molecule has 0 radical (unpaired) electrons. The third kappa shape index (κ3) is 3.16. The second-order valence-corrected chi connectivity index (χ2v) is 7.09. The van der Waals surface area contributed by atoms with Gasteiger partial charge in [-0.25, -0.2) is 9.97 Å². The molecular formula is C17H23ClN4O3. The lowest BCUT2D eigenvalue weighted by Crippen LogP contribution is -2.25. The van der Waals surface area contributed by atoms with E-state index in [9.17, 15) is 4.79 Å². The number of anilines is 2. The van der Waals surface area contributed by atoms with Crippen molar-refractivity contribution in [2.45, 2.75) is 33.1 Å². The van der Waals surface area contributed by atoms with Gasteiger partial charge in [0.15, 0.2) is 11.5 Å². The Labute approximate surface area is 152 Å². The zero-order valence-electron chi connectivity index (χ0n) is 15.5. The van der Waals surface area contributed by atoms with Gasteiger partial charge < -0.3 is 20.1 Å². The van der Waals surface area contributed by atoms with E-state index in [1.54, 1.807) is 7.05 Å². The van der Waals surface area contributed by atoms with Crippen LogP contribution in [0, 0.1) is 0 Å². The fourth-order valence-corrected chi connectivity index (χ4v) is 2.78. The smallest absolute Gasteiger partial charge is 0.223 e. The van der Waals surface area contributed by atoms with Crippen molar-refractivity contribution in [2.24, 2.45) is 0 Å². The zero-order chi connectivity index (χ0) is 19.1. The number of methoxy groups -OCH3 is 2. The number of carbonyl (C=O) groups is 1. The number of nitrogens with two attached hydrogens (primary N) is 1. The molecule has 0 atom stereocenters. The Morgan fingerprint density at radius 1 is 1.16 bits per heavy atom. The highest BCUT2D eigenvalue weighted by Gasteiger charge is 2.29. The molecule has 1 aromatic heterocycles. The largest absolute Gasteiger partial charge is 0.491 e. The number of benzene rings is 1. The van der Waals surface area contributed by atoms with Crippen LogP contribution >= 0.6 is 11.6 Å². The van der Waals surface area contributed by atoms with Gasteiger partial charge in [0.25, 0.3) is 0 Å². The van der Waals surface area contributed by atoms with Gasteiger partial charge in [0.1, 0.15) is 27.9 Å². The van der Waals surface area contributed by atoms with Gasteiger partial charge in [-0.1, -0.05) is 32.4 Å². The summed E-state index contributed by atoms with van der Waals surface area (Å²) in [6, 6.07) is 0. The van der Waals surface area contributed by atoms with Gasteiger partial charge >= 0.3 is 0 Å². The second-order valence-electron chi connectivity index (χ2n) is 6.71. The van der Waals surface area contributed by atoms with Crippen LogP contribution in [0.2, 0.25) is 5.02 Å². The van der Waals surface area contributed by atoms with Crippen molar-refractivity contribution in [3.63, 3.8) is 0 Å². The van der Waals surface area contributed by atoms with Crippen LogP contribution in [0.15, 0.2) is 0 Å². The Balaban J connectivity index is 3.07. The van der Waals surface area contributed by atoms with Crippen LogP contribution < -0.4 is 20.1 Å². The van der Waals surface area contributed by atoms with Gasteiger partial charge in [-0.3, -0.25) is 4.79 Å². The quantitative estimate of drug-likeness (QED) is 0.897. The van der Waals surface area contributed by atoms with Crippen LogP contribution in [0.25, 0.3) is 10.9 Å². The molecule has 8 heteroatoms. The van der Waals surface area contributed by atoms with Crippen molar-refractivity contribution in [1.82, 2.24) is 9.97 Å². The molecule has 0 aliphatic rings. The molecule has 1 heterocycles. The molecule has 2 aromatic rings. The van der Waals surface area contributed by atoms with Crippen molar-refractivity contribution in [2.75, 3.05) is 31.9 Å². The first-order valence-corrected chi connectivity index (χ1v) is 8.07. The summed E-state index contributed by atoms with van der Waals surface area (Å²) in [6.45, 7) is 7.37. The van der Waals surface area contributed by atoms with E-state index in [-0.39, 0.29) is 27.9 Å². The number of nitrogens with zero attached hydrogens (tertiary/aromatic N) is 3. The van der Waals surface area contributed by atoms with Crippen molar-refractivity contribution >= 4 is 39.9 Å². The summed E-state index contributed by atoms with van der Waals surface area (Å²) >= 11 is 6.52. The number of hydrogen-bond donors (Lipinski definition) is 1. The lowest BCUT2D eigenvalue weighted by atomic mass is 9.95. The van der Waals surface area contributed by atoms with Crippen LogP contribution in [-0.2, 0) is 10.2 Å². The Morgan fingerprint density at radius 3 is 2.16 bits per heavy atom. The molecule has 1 amide bonds. The molecule has 0 spiro atoms. The van der Waals surface area contributed by atoms with Crippen LogP contribution in [0.1, 0.15) is 33.5 Å². The topological polar surface area (TPSA) is 90.6 Å². The predicted molar refractivity (Wildman–Crippen MR) is 99.8 cm³/mol. The van der Waals surface area contributed by atoms with E-state index >= 15 is 0 Å². The minimum absolute atomic E-state index is 0.205. The lowest BCUT2D eigenvalue weighted by molar-refractivity contribution is -0.116. The first-order valence-electron chi connectivity index (χ1n) is 7.70. The molecule has 0 bridgehead atoms. The normalized spacial score (nSPS) is 11.5. The summed E-state index contributed by atoms with van der Waals surface area (Å²) in [6.07, 6.45) is 0. The molecule has 1 aromatic carbocycles. The highest BCUT2D eigenvalue weighted by molar-refractivity contribution is 6.38. The van der Waals surface area contributed by atoms with E-state index in [0.717, 1.165) is 0 Å². The number of nitrogen functional groups attached to an aromatic ring is 1. The number of rotatable bonds is 3.